The lowest BCUT2D eigenvalue weighted by atomic mass is 9.88. The summed E-state index contributed by atoms with van der Waals surface area (Å²) in [5, 5.41) is 7.49. The van der Waals surface area contributed by atoms with E-state index in [2.05, 4.69) is 22.5 Å². The lowest BCUT2D eigenvalue weighted by Gasteiger charge is -2.32. The van der Waals surface area contributed by atoms with E-state index in [0.29, 0.717) is 11.3 Å². The Morgan fingerprint density at radius 2 is 1.69 bits per heavy atom. The SMILES string of the molecule is CC1CCN(c2ccc(NC(=O)CN3C(=O)N[C@@](C)(c4cccc5ccccc45)C3=O)cc2)CC1. The van der Waals surface area contributed by atoms with Gasteiger partial charge in [0.25, 0.3) is 5.91 Å². The molecule has 2 fully saturated rings. The van der Waals surface area contributed by atoms with E-state index in [1.807, 2.05) is 66.7 Å². The van der Waals surface area contributed by atoms with Gasteiger partial charge in [-0.05, 0) is 66.3 Å². The zero-order chi connectivity index (χ0) is 24.6. The fraction of sp³-hybridized carbons (Fsp3) is 0.321. The number of imide groups is 1. The number of amides is 4. The van der Waals surface area contributed by atoms with Crippen LogP contribution in [0.4, 0.5) is 16.2 Å². The van der Waals surface area contributed by atoms with Gasteiger partial charge < -0.3 is 15.5 Å². The van der Waals surface area contributed by atoms with Crippen molar-refractivity contribution in [2.45, 2.75) is 32.2 Å². The summed E-state index contributed by atoms with van der Waals surface area (Å²) >= 11 is 0. The molecule has 0 bridgehead atoms. The van der Waals surface area contributed by atoms with Crippen LogP contribution in [0, 0.1) is 5.92 Å². The molecule has 2 heterocycles. The predicted molar refractivity (Wildman–Crippen MR) is 137 cm³/mol. The zero-order valence-corrected chi connectivity index (χ0v) is 20.1. The predicted octanol–water partition coefficient (Wildman–Crippen LogP) is 4.48. The molecule has 2 N–H and O–H groups in total. The average molecular weight is 471 g/mol. The number of benzene rings is 3. The van der Waals surface area contributed by atoms with E-state index < -0.39 is 23.4 Å². The summed E-state index contributed by atoms with van der Waals surface area (Å²) in [6.45, 7) is 5.69. The molecular weight excluding hydrogens is 440 g/mol. The lowest BCUT2D eigenvalue weighted by Crippen LogP contribution is -2.42. The molecule has 0 unspecified atom stereocenters. The number of fused-ring (bicyclic) bond motifs is 1. The van der Waals surface area contributed by atoms with Crippen molar-refractivity contribution in [2.24, 2.45) is 5.92 Å². The Morgan fingerprint density at radius 3 is 2.43 bits per heavy atom. The third-order valence-electron chi connectivity index (χ3n) is 7.20. The largest absolute Gasteiger partial charge is 0.372 e. The molecule has 4 amide bonds. The molecule has 0 radical (unpaired) electrons. The van der Waals surface area contributed by atoms with Crippen LogP contribution in [0.5, 0.6) is 0 Å². The molecule has 0 aromatic heterocycles. The van der Waals surface area contributed by atoms with Gasteiger partial charge in [-0.25, -0.2) is 4.79 Å². The van der Waals surface area contributed by atoms with Gasteiger partial charge in [0.15, 0.2) is 0 Å². The van der Waals surface area contributed by atoms with Gasteiger partial charge in [0.05, 0.1) is 0 Å². The van der Waals surface area contributed by atoms with Crippen LogP contribution in [0.1, 0.15) is 32.3 Å². The smallest absolute Gasteiger partial charge is 0.325 e. The molecule has 1 atom stereocenters. The van der Waals surface area contributed by atoms with Crippen LogP contribution in [0.15, 0.2) is 66.7 Å². The number of hydrogen-bond donors (Lipinski definition) is 2. The van der Waals surface area contributed by atoms with Crippen LogP contribution in [-0.2, 0) is 15.1 Å². The van der Waals surface area contributed by atoms with Gasteiger partial charge in [-0.15, -0.1) is 0 Å². The van der Waals surface area contributed by atoms with E-state index in [9.17, 15) is 14.4 Å². The molecule has 180 valence electrons. The van der Waals surface area contributed by atoms with Crippen molar-refractivity contribution in [1.82, 2.24) is 10.2 Å². The summed E-state index contributed by atoms with van der Waals surface area (Å²) < 4.78 is 0. The van der Waals surface area contributed by atoms with E-state index in [1.165, 1.54) is 12.8 Å². The molecule has 2 aliphatic heterocycles. The van der Waals surface area contributed by atoms with Crippen LogP contribution in [0.2, 0.25) is 0 Å². The third-order valence-corrected chi connectivity index (χ3v) is 7.20. The number of carbonyl (C=O) groups excluding carboxylic acids is 3. The highest BCUT2D eigenvalue weighted by molar-refractivity contribution is 6.11. The summed E-state index contributed by atoms with van der Waals surface area (Å²) in [5.41, 5.74) is 1.23. The van der Waals surface area contributed by atoms with Crippen LogP contribution >= 0.6 is 0 Å². The monoisotopic (exact) mass is 470 g/mol. The minimum absolute atomic E-state index is 0.350. The fourth-order valence-electron chi connectivity index (χ4n) is 5.05. The van der Waals surface area contributed by atoms with Crippen LogP contribution < -0.4 is 15.5 Å². The maximum absolute atomic E-state index is 13.4. The summed E-state index contributed by atoms with van der Waals surface area (Å²) in [4.78, 5) is 42.2. The maximum Gasteiger partial charge on any atom is 0.325 e. The van der Waals surface area contributed by atoms with Crippen molar-refractivity contribution >= 4 is 40.0 Å². The summed E-state index contributed by atoms with van der Waals surface area (Å²) in [6.07, 6.45) is 2.37. The van der Waals surface area contributed by atoms with Crippen LogP contribution in [0.3, 0.4) is 0 Å². The van der Waals surface area contributed by atoms with Gasteiger partial charge in [0, 0.05) is 24.5 Å². The zero-order valence-electron chi connectivity index (χ0n) is 20.1. The highest BCUT2D eigenvalue weighted by Gasteiger charge is 2.50. The standard InChI is InChI=1S/C28H30N4O3/c1-19-14-16-31(17-15-19)22-12-10-21(11-13-22)29-25(33)18-32-26(34)28(2,30-27(32)35)24-9-5-7-20-6-3-4-8-23(20)24/h3-13,19H,14-18H2,1-2H3,(H,29,33)(H,30,35)/t28-/m0/s1. The molecule has 0 spiro atoms. The summed E-state index contributed by atoms with van der Waals surface area (Å²) in [5.74, 6) is -0.100. The van der Waals surface area contributed by atoms with Gasteiger partial charge in [0.2, 0.25) is 5.91 Å². The summed E-state index contributed by atoms with van der Waals surface area (Å²) in [6, 6.07) is 20.5. The van der Waals surface area contributed by atoms with Gasteiger partial charge in [-0.2, -0.15) is 0 Å². The molecule has 2 saturated heterocycles. The highest BCUT2D eigenvalue weighted by atomic mass is 16.2. The van der Waals surface area contributed by atoms with E-state index >= 15 is 0 Å². The third kappa shape index (κ3) is 4.34. The first kappa shape index (κ1) is 22.9. The number of piperidine rings is 1. The number of urea groups is 1. The number of nitrogens with zero attached hydrogens (tertiary/aromatic N) is 2. The summed E-state index contributed by atoms with van der Waals surface area (Å²) in [7, 11) is 0. The fourth-order valence-corrected chi connectivity index (χ4v) is 5.05. The normalized spacial score (nSPS) is 20.9. The van der Waals surface area contributed by atoms with Crippen molar-refractivity contribution in [3.63, 3.8) is 0 Å². The maximum atomic E-state index is 13.4. The Labute approximate surface area is 205 Å². The number of nitrogens with one attached hydrogen (secondary N) is 2. The van der Waals surface area contributed by atoms with Crippen molar-refractivity contribution in [1.29, 1.82) is 0 Å². The Hall–Kier alpha value is -3.87. The molecule has 0 aliphatic carbocycles. The Bertz CT molecular complexity index is 1280. The average Bonchev–Trinajstić information content (AvgIpc) is 3.08. The first-order valence-corrected chi connectivity index (χ1v) is 12.1. The quantitative estimate of drug-likeness (QED) is 0.539. The van der Waals surface area contributed by atoms with Gasteiger partial charge in [0.1, 0.15) is 12.1 Å². The minimum Gasteiger partial charge on any atom is -0.372 e. The number of carbonyl (C=O) groups is 3. The van der Waals surface area contributed by atoms with Gasteiger partial charge in [-0.1, -0.05) is 49.4 Å². The topological polar surface area (TPSA) is 81.8 Å². The van der Waals surface area contributed by atoms with Crippen molar-refractivity contribution < 1.29 is 14.4 Å². The molecule has 7 nitrogen and oxygen atoms in total. The second-order valence-electron chi connectivity index (χ2n) is 9.74. The van der Waals surface area contributed by atoms with Crippen molar-refractivity contribution in [3.8, 4) is 0 Å². The van der Waals surface area contributed by atoms with E-state index in [0.717, 1.165) is 40.4 Å². The minimum atomic E-state index is -1.24. The molecule has 35 heavy (non-hydrogen) atoms. The van der Waals surface area contributed by atoms with E-state index in [4.69, 9.17) is 0 Å². The van der Waals surface area contributed by atoms with Crippen LogP contribution in [-0.4, -0.2) is 42.4 Å². The molecule has 0 saturated carbocycles. The Morgan fingerprint density at radius 1 is 1.00 bits per heavy atom. The Kier molecular flexibility index (Phi) is 5.93. The van der Waals surface area contributed by atoms with Gasteiger partial charge in [-0.3, -0.25) is 14.5 Å². The first-order chi connectivity index (χ1) is 16.8. The second-order valence-corrected chi connectivity index (χ2v) is 9.74. The Balaban J connectivity index is 1.27. The number of hydrogen-bond acceptors (Lipinski definition) is 4. The molecule has 3 aromatic carbocycles. The lowest BCUT2D eigenvalue weighted by molar-refractivity contribution is -0.133. The molecule has 2 aliphatic rings. The molecule has 3 aromatic rings. The number of anilines is 2. The second kappa shape index (κ2) is 9.06. The van der Waals surface area contributed by atoms with Crippen molar-refractivity contribution in [3.05, 3.63) is 72.3 Å². The van der Waals surface area contributed by atoms with E-state index in [1.54, 1.807) is 6.92 Å². The van der Waals surface area contributed by atoms with Gasteiger partial charge >= 0.3 is 6.03 Å². The number of rotatable bonds is 5. The van der Waals surface area contributed by atoms with Crippen molar-refractivity contribution in [2.75, 3.05) is 29.9 Å². The highest BCUT2D eigenvalue weighted by Crippen LogP contribution is 2.34. The van der Waals surface area contributed by atoms with Crippen LogP contribution in [0.25, 0.3) is 10.8 Å². The van der Waals surface area contributed by atoms with E-state index in [-0.39, 0.29) is 6.54 Å². The first-order valence-electron chi connectivity index (χ1n) is 12.1. The molecular formula is C28H30N4O3. The molecule has 7 heteroatoms. The molecule has 5 rings (SSSR count).